The Morgan fingerprint density at radius 2 is 2.03 bits per heavy atom. The number of nitrogens with zero attached hydrogens (tertiary/aromatic N) is 3. The maximum Gasteiger partial charge on any atom is 0.347 e. The molecule has 4 rings (SSSR count). The first-order chi connectivity index (χ1) is 15.9. The number of cyclic esters (lactones) is 1. The quantitative estimate of drug-likeness (QED) is 0.499. The van der Waals surface area contributed by atoms with Crippen LogP contribution in [0.25, 0.3) is 11.0 Å². The molecule has 2 aromatic rings. The summed E-state index contributed by atoms with van der Waals surface area (Å²) in [5, 5.41) is 0. The van der Waals surface area contributed by atoms with Gasteiger partial charge >= 0.3 is 11.9 Å². The van der Waals surface area contributed by atoms with Gasteiger partial charge in [0.1, 0.15) is 5.82 Å². The largest absolute Gasteiger partial charge is 0.463 e. The third-order valence-corrected chi connectivity index (χ3v) is 7.75. The lowest BCUT2D eigenvalue weighted by atomic mass is 10.2. The number of carbonyl (C=O) groups excluding carboxylic acids is 2. The molecule has 0 unspecified atom stereocenters. The highest BCUT2D eigenvalue weighted by Crippen LogP contribution is 2.25. The predicted molar refractivity (Wildman–Crippen MR) is 118 cm³/mol. The van der Waals surface area contributed by atoms with Crippen molar-refractivity contribution in [2.45, 2.75) is 56.6 Å². The Balaban J connectivity index is 1.55. The zero-order chi connectivity index (χ0) is 23.4. The fourth-order valence-electron chi connectivity index (χ4n) is 4.03. The van der Waals surface area contributed by atoms with Gasteiger partial charge in [-0.2, -0.15) is 4.31 Å². The minimum absolute atomic E-state index is 0.0676. The molecule has 1 aromatic carbocycles. The number of aryl methyl sites for hydroxylation is 2. The van der Waals surface area contributed by atoms with E-state index in [9.17, 15) is 18.0 Å². The van der Waals surface area contributed by atoms with E-state index < -0.39 is 28.1 Å². The van der Waals surface area contributed by atoms with Gasteiger partial charge in [0.25, 0.3) is 0 Å². The zero-order valence-electron chi connectivity index (χ0n) is 18.7. The molecule has 0 amide bonds. The Morgan fingerprint density at radius 3 is 2.73 bits per heavy atom. The summed E-state index contributed by atoms with van der Waals surface area (Å²) in [5.74, 6) is -0.304. The van der Waals surface area contributed by atoms with Crippen LogP contribution in [0.1, 0.15) is 38.4 Å². The first kappa shape index (κ1) is 23.7. The molecule has 0 aliphatic carbocycles. The Morgan fingerprint density at radius 1 is 1.24 bits per heavy atom. The molecule has 1 atom stereocenters. The summed E-state index contributed by atoms with van der Waals surface area (Å²) in [6.07, 6.45) is 1.84. The summed E-state index contributed by atoms with van der Waals surface area (Å²) >= 11 is 0. The molecule has 1 aromatic heterocycles. The standard InChI is InChI=1S/C22H29N3O7S/c1-2-3-9-25-18-5-4-16(33(28,29)24-10-13-30-14-11-24)15-17(18)23-20(25)6-7-21(26)32-19-8-12-31-22(19)27/h4-5,15,19H,2-3,6-14H2,1H3/t19-/m0/s1. The molecule has 0 spiro atoms. The molecule has 2 fully saturated rings. The number of unbranched alkanes of at least 4 members (excludes halogenated alkanes) is 1. The highest BCUT2D eigenvalue weighted by Gasteiger charge is 2.30. The molecular formula is C22H29N3O7S. The number of morpholine rings is 1. The van der Waals surface area contributed by atoms with Crippen LogP contribution in [0.3, 0.4) is 0 Å². The molecule has 0 saturated carbocycles. The van der Waals surface area contributed by atoms with Crippen LogP contribution >= 0.6 is 0 Å². The molecule has 2 aliphatic rings. The van der Waals surface area contributed by atoms with Gasteiger partial charge in [-0.3, -0.25) is 4.79 Å². The van der Waals surface area contributed by atoms with Crippen LogP contribution in [0.2, 0.25) is 0 Å². The smallest absolute Gasteiger partial charge is 0.347 e. The molecule has 2 aliphatic heterocycles. The lowest BCUT2D eigenvalue weighted by Crippen LogP contribution is -2.40. The third kappa shape index (κ3) is 5.20. The third-order valence-electron chi connectivity index (χ3n) is 5.86. The van der Waals surface area contributed by atoms with Gasteiger partial charge < -0.3 is 18.8 Å². The first-order valence-corrected chi connectivity index (χ1v) is 12.8. The summed E-state index contributed by atoms with van der Waals surface area (Å²) in [6.45, 7) is 4.48. The highest BCUT2D eigenvalue weighted by molar-refractivity contribution is 7.89. The van der Waals surface area contributed by atoms with Crippen molar-refractivity contribution in [1.82, 2.24) is 13.9 Å². The summed E-state index contributed by atoms with van der Waals surface area (Å²) in [7, 11) is -3.63. The van der Waals surface area contributed by atoms with Crippen molar-refractivity contribution >= 4 is 33.0 Å². The number of aromatic nitrogens is 2. The number of sulfonamides is 1. The van der Waals surface area contributed by atoms with Crippen LogP contribution in [-0.2, 0) is 46.8 Å². The van der Waals surface area contributed by atoms with E-state index in [1.165, 1.54) is 4.31 Å². The first-order valence-electron chi connectivity index (χ1n) is 11.3. The summed E-state index contributed by atoms with van der Waals surface area (Å²) in [6, 6.07) is 4.99. The monoisotopic (exact) mass is 479 g/mol. The van der Waals surface area contributed by atoms with Crippen LogP contribution in [-0.4, -0.2) is 73.2 Å². The maximum absolute atomic E-state index is 13.0. The van der Waals surface area contributed by atoms with Crippen molar-refractivity contribution in [3.63, 3.8) is 0 Å². The van der Waals surface area contributed by atoms with Crippen LogP contribution in [0.15, 0.2) is 23.1 Å². The Labute approximate surface area is 192 Å². The number of hydrogen-bond acceptors (Lipinski definition) is 8. The number of esters is 2. The lowest BCUT2D eigenvalue weighted by Gasteiger charge is -2.26. The van der Waals surface area contributed by atoms with E-state index in [-0.39, 0.29) is 17.9 Å². The van der Waals surface area contributed by atoms with Crippen molar-refractivity contribution in [1.29, 1.82) is 0 Å². The predicted octanol–water partition coefficient (Wildman–Crippen LogP) is 1.65. The number of fused-ring (bicyclic) bond motifs is 1. The average Bonchev–Trinajstić information content (AvgIpc) is 3.38. The van der Waals surface area contributed by atoms with Gasteiger partial charge in [0.2, 0.25) is 16.1 Å². The minimum atomic E-state index is -3.63. The van der Waals surface area contributed by atoms with Gasteiger partial charge in [-0.1, -0.05) is 13.3 Å². The van der Waals surface area contributed by atoms with E-state index in [1.807, 2.05) is 4.57 Å². The molecule has 0 radical (unpaired) electrons. The molecule has 3 heterocycles. The van der Waals surface area contributed by atoms with Crippen molar-refractivity contribution in [2.24, 2.45) is 0 Å². The molecule has 11 heteroatoms. The molecule has 180 valence electrons. The van der Waals surface area contributed by atoms with E-state index in [1.54, 1.807) is 18.2 Å². The number of carbonyl (C=O) groups is 2. The van der Waals surface area contributed by atoms with Crippen LogP contribution in [0, 0.1) is 0 Å². The minimum Gasteiger partial charge on any atom is -0.463 e. The molecule has 10 nitrogen and oxygen atoms in total. The summed E-state index contributed by atoms with van der Waals surface area (Å²) < 4.78 is 44.8. The van der Waals surface area contributed by atoms with E-state index in [0.717, 1.165) is 18.4 Å². The van der Waals surface area contributed by atoms with Gasteiger partial charge in [0, 0.05) is 32.5 Å². The van der Waals surface area contributed by atoms with Crippen LogP contribution < -0.4 is 0 Å². The number of hydrogen-bond donors (Lipinski definition) is 0. The summed E-state index contributed by atoms with van der Waals surface area (Å²) in [5.41, 5.74) is 1.40. The second kappa shape index (κ2) is 10.2. The zero-order valence-corrected chi connectivity index (χ0v) is 19.5. The second-order valence-electron chi connectivity index (χ2n) is 8.13. The lowest BCUT2D eigenvalue weighted by molar-refractivity contribution is -0.160. The summed E-state index contributed by atoms with van der Waals surface area (Å²) in [4.78, 5) is 28.6. The highest BCUT2D eigenvalue weighted by atomic mass is 32.2. The number of benzene rings is 1. The average molecular weight is 480 g/mol. The van der Waals surface area contributed by atoms with Crippen molar-refractivity contribution in [3.05, 3.63) is 24.0 Å². The molecule has 0 bridgehead atoms. The fourth-order valence-corrected chi connectivity index (χ4v) is 5.46. The van der Waals surface area contributed by atoms with Gasteiger partial charge in [0.15, 0.2) is 0 Å². The van der Waals surface area contributed by atoms with E-state index in [2.05, 4.69) is 11.9 Å². The number of imidazole rings is 1. The van der Waals surface area contributed by atoms with E-state index >= 15 is 0 Å². The van der Waals surface area contributed by atoms with E-state index in [0.29, 0.717) is 57.0 Å². The van der Waals surface area contributed by atoms with Gasteiger partial charge in [-0.25, -0.2) is 18.2 Å². The Kier molecular flexibility index (Phi) is 7.30. The Bertz CT molecular complexity index is 1120. The van der Waals surface area contributed by atoms with Gasteiger partial charge in [-0.15, -0.1) is 0 Å². The molecular weight excluding hydrogens is 450 g/mol. The van der Waals surface area contributed by atoms with Gasteiger partial charge in [0.05, 0.1) is 42.2 Å². The maximum atomic E-state index is 13.0. The normalized spacial score (nSPS) is 19.7. The van der Waals surface area contributed by atoms with Gasteiger partial charge in [-0.05, 0) is 24.6 Å². The second-order valence-corrected chi connectivity index (χ2v) is 10.1. The van der Waals surface area contributed by atoms with Crippen LogP contribution in [0.4, 0.5) is 0 Å². The van der Waals surface area contributed by atoms with Crippen molar-refractivity contribution < 1.29 is 32.2 Å². The SMILES string of the molecule is CCCCn1c(CCC(=O)O[C@H]2CCOC2=O)nc2cc(S(=O)(=O)N3CCOCC3)ccc21. The molecule has 0 N–H and O–H groups in total. The topological polar surface area (TPSA) is 117 Å². The number of ether oxygens (including phenoxy) is 3. The van der Waals surface area contributed by atoms with Crippen molar-refractivity contribution in [3.8, 4) is 0 Å². The number of rotatable bonds is 9. The van der Waals surface area contributed by atoms with Crippen LogP contribution in [0.5, 0.6) is 0 Å². The van der Waals surface area contributed by atoms with Crippen molar-refractivity contribution in [2.75, 3.05) is 32.9 Å². The van der Waals surface area contributed by atoms with E-state index in [4.69, 9.17) is 14.2 Å². The molecule has 33 heavy (non-hydrogen) atoms. The fraction of sp³-hybridized carbons (Fsp3) is 0.591. The molecule has 2 saturated heterocycles. The Hall–Kier alpha value is -2.50.